The van der Waals surface area contributed by atoms with Gasteiger partial charge in [0, 0.05) is 12.1 Å². The zero-order valence-corrected chi connectivity index (χ0v) is 12.2. The van der Waals surface area contributed by atoms with Crippen LogP contribution in [0.2, 0.25) is 0 Å². The number of benzene rings is 2. The summed E-state index contributed by atoms with van der Waals surface area (Å²) in [4.78, 5) is 9.52. The molecule has 0 bridgehead atoms. The number of nitrogens with zero attached hydrogens (tertiary/aromatic N) is 2. The number of hydrogen-bond acceptors (Lipinski definition) is 4. The Bertz CT molecular complexity index is 746. The van der Waals surface area contributed by atoms with Gasteiger partial charge in [-0.15, -0.1) is 10.4 Å². The van der Waals surface area contributed by atoms with E-state index in [1.165, 1.54) is 29.3 Å². The first-order valence-electron chi connectivity index (χ1n) is 7.14. The van der Waals surface area contributed by atoms with Gasteiger partial charge < -0.3 is 5.11 Å². The molecule has 2 aromatic carbocycles. The number of aryl methyl sites for hydroxylation is 1. The van der Waals surface area contributed by atoms with E-state index in [-0.39, 0.29) is 11.3 Å². The second-order valence-electron chi connectivity index (χ2n) is 5.42. The van der Waals surface area contributed by atoms with Crippen molar-refractivity contribution in [3.63, 3.8) is 0 Å². The Morgan fingerprint density at radius 3 is 2.48 bits per heavy atom. The summed E-state index contributed by atoms with van der Waals surface area (Å²) in [5, 5.41) is 31.4. The minimum absolute atomic E-state index is 0.0848. The van der Waals surface area contributed by atoms with Crippen LogP contribution >= 0.6 is 0 Å². The molecule has 23 heavy (non-hydrogen) atoms. The van der Waals surface area contributed by atoms with E-state index in [0.29, 0.717) is 25.1 Å². The molecular formula is C16H16FN2O4+. The van der Waals surface area contributed by atoms with Crippen molar-refractivity contribution in [2.45, 2.75) is 12.8 Å². The van der Waals surface area contributed by atoms with Crippen molar-refractivity contribution >= 4 is 17.3 Å². The Hall–Kier alpha value is -2.48. The van der Waals surface area contributed by atoms with Crippen LogP contribution in [0.5, 0.6) is 0 Å². The lowest BCUT2D eigenvalue weighted by Gasteiger charge is -2.36. The first-order valence-corrected chi connectivity index (χ1v) is 7.14. The summed E-state index contributed by atoms with van der Waals surface area (Å²) < 4.78 is 13.0. The van der Waals surface area contributed by atoms with Crippen LogP contribution < -0.4 is 9.93 Å². The van der Waals surface area contributed by atoms with E-state index in [0.717, 1.165) is 17.7 Å². The number of fused-ring (bicyclic) bond motifs is 1. The second-order valence-corrected chi connectivity index (χ2v) is 5.42. The minimum Gasteiger partial charge on any atom is -0.478 e. The monoisotopic (exact) mass is 319 g/mol. The molecule has 0 aliphatic carbocycles. The maximum absolute atomic E-state index is 13.0. The first-order chi connectivity index (χ1) is 10.9. The van der Waals surface area contributed by atoms with E-state index in [9.17, 15) is 19.6 Å². The van der Waals surface area contributed by atoms with Gasteiger partial charge in [0.25, 0.3) is 0 Å². The molecule has 3 N–H and O–H groups in total. The number of halogens is 1. The first kappa shape index (κ1) is 15.4. The molecule has 0 amide bonds. The summed E-state index contributed by atoms with van der Waals surface area (Å²) in [5.41, 5.74) is 1.50. The van der Waals surface area contributed by atoms with Crippen molar-refractivity contribution in [2.24, 2.45) is 0 Å². The number of quaternary nitrogens is 1. The molecule has 1 aliphatic rings. The van der Waals surface area contributed by atoms with E-state index in [1.54, 1.807) is 6.07 Å². The molecule has 0 radical (unpaired) electrons. The fraction of sp³-hybridized carbons (Fsp3) is 0.188. The van der Waals surface area contributed by atoms with Crippen LogP contribution in [-0.4, -0.2) is 28.0 Å². The molecule has 0 saturated heterocycles. The third kappa shape index (κ3) is 2.77. The Morgan fingerprint density at radius 1 is 1.13 bits per heavy atom. The van der Waals surface area contributed by atoms with Crippen LogP contribution in [0.25, 0.3) is 0 Å². The topological polar surface area (TPSA) is 81.0 Å². The quantitative estimate of drug-likeness (QED) is 0.598. The molecule has 0 fully saturated rings. The molecule has 1 heterocycles. The maximum atomic E-state index is 13.0. The number of rotatable bonds is 3. The molecule has 1 aliphatic heterocycles. The summed E-state index contributed by atoms with van der Waals surface area (Å²) >= 11 is 0. The lowest BCUT2D eigenvalue weighted by atomic mass is 10.0. The third-order valence-electron chi connectivity index (χ3n) is 3.93. The highest BCUT2D eigenvalue weighted by atomic mass is 19.1. The number of hydrogen-bond donors (Lipinski definition) is 3. The summed E-state index contributed by atoms with van der Waals surface area (Å²) in [6, 6.07) is 9.38. The van der Waals surface area contributed by atoms with Gasteiger partial charge in [-0.25, -0.2) is 9.18 Å². The Balaban J connectivity index is 2.02. The molecule has 0 saturated carbocycles. The summed E-state index contributed by atoms with van der Waals surface area (Å²) in [5.74, 6) is -1.50. The average Bonchev–Trinajstić information content (AvgIpc) is 2.54. The van der Waals surface area contributed by atoms with Gasteiger partial charge in [-0.1, -0.05) is 0 Å². The van der Waals surface area contributed by atoms with E-state index in [4.69, 9.17) is 5.11 Å². The normalized spacial score (nSPS) is 14.5. The second kappa shape index (κ2) is 5.62. The van der Waals surface area contributed by atoms with Crippen molar-refractivity contribution in [2.75, 3.05) is 11.6 Å². The third-order valence-corrected chi connectivity index (χ3v) is 3.93. The van der Waals surface area contributed by atoms with Crippen LogP contribution in [0.1, 0.15) is 22.3 Å². The maximum Gasteiger partial charge on any atom is 0.335 e. The summed E-state index contributed by atoms with van der Waals surface area (Å²) in [6.45, 7) is 0.365. The highest BCUT2D eigenvalue weighted by molar-refractivity contribution is 5.88. The molecule has 7 heteroatoms. The van der Waals surface area contributed by atoms with Crippen molar-refractivity contribution in [3.8, 4) is 0 Å². The molecule has 120 valence electrons. The highest BCUT2D eigenvalue weighted by Crippen LogP contribution is 2.33. The molecular weight excluding hydrogens is 303 g/mol. The fourth-order valence-corrected chi connectivity index (χ4v) is 2.78. The lowest BCUT2D eigenvalue weighted by Crippen LogP contribution is -2.59. The Kier molecular flexibility index (Phi) is 3.77. The fourth-order valence-electron chi connectivity index (χ4n) is 2.78. The highest BCUT2D eigenvalue weighted by Gasteiger charge is 2.39. The van der Waals surface area contributed by atoms with Gasteiger partial charge in [-0.05, 0) is 48.7 Å². The van der Waals surface area contributed by atoms with E-state index < -0.39 is 16.7 Å². The molecule has 0 aromatic heterocycles. The Morgan fingerprint density at radius 2 is 1.83 bits per heavy atom. The molecule has 6 nitrogen and oxygen atoms in total. The van der Waals surface area contributed by atoms with Crippen LogP contribution in [0.3, 0.4) is 0 Å². The van der Waals surface area contributed by atoms with Crippen molar-refractivity contribution < 1.29 is 24.7 Å². The predicted octanol–water partition coefficient (Wildman–Crippen LogP) is 2.98. The van der Waals surface area contributed by atoms with E-state index in [2.05, 4.69) is 0 Å². The number of carbonyl (C=O) groups is 1. The van der Waals surface area contributed by atoms with Crippen LogP contribution in [0.15, 0.2) is 42.5 Å². The van der Waals surface area contributed by atoms with E-state index in [1.807, 2.05) is 0 Å². The van der Waals surface area contributed by atoms with Gasteiger partial charge >= 0.3 is 5.97 Å². The standard InChI is InChI=1S/C16H15FN2O4/c17-13-4-6-14(7-5-13)19(22,23)18-9-1-2-11-10-12(16(20)21)3-8-15(11)18/h3-8,10,22-23H,1-2,9H2/p+1. The van der Waals surface area contributed by atoms with E-state index >= 15 is 0 Å². The zero-order chi connectivity index (χ0) is 16.6. The predicted molar refractivity (Wildman–Crippen MR) is 80.8 cm³/mol. The van der Waals surface area contributed by atoms with Crippen molar-refractivity contribution in [1.29, 1.82) is 0 Å². The molecule has 0 unspecified atom stereocenters. The molecule has 0 atom stereocenters. The van der Waals surface area contributed by atoms with Gasteiger partial charge in [0.2, 0.25) is 5.69 Å². The summed E-state index contributed by atoms with van der Waals surface area (Å²) in [6.07, 6.45) is 1.29. The smallest absolute Gasteiger partial charge is 0.335 e. The SMILES string of the molecule is O=C(O)c1ccc2c(c1)CCCN2[N+](O)(O)c1ccc(F)cc1. The lowest BCUT2D eigenvalue weighted by molar-refractivity contribution is -0.299. The zero-order valence-electron chi connectivity index (χ0n) is 12.2. The number of anilines is 1. The molecule has 0 spiro atoms. The van der Waals surface area contributed by atoms with Gasteiger partial charge in [-0.2, -0.15) is 5.01 Å². The van der Waals surface area contributed by atoms with Gasteiger partial charge in [0.1, 0.15) is 5.82 Å². The number of carboxylic acids is 1. The number of aromatic carboxylic acids is 1. The van der Waals surface area contributed by atoms with Gasteiger partial charge in [-0.3, -0.25) is 0 Å². The van der Waals surface area contributed by atoms with Gasteiger partial charge in [0.05, 0.1) is 22.7 Å². The minimum atomic E-state index is -1.54. The molecule has 2 aromatic rings. The van der Waals surface area contributed by atoms with Crippen molar-refractivity contribution in [3.05, 3.63) is 59.4 Å². The summed E-state index contributed by atoms with van der Waals surface area (Å²) in [7, 11) is 0. The molecule has 3 rings (SSSR count). The largest absolute Gasteiger partial charge is 0.478 e. The van der Waals surface area contributed by atoms with Gasteiger partial charge in [0.15, 0.2) is 0 Å². The van der Waals surface area contributed by atoms with Crippen LogP contribution in [0, 0.1) is 5.82 Å². The Labute approximate surface area is 131 Å². The van der Waals surface area contributed by atoms with Crippen molar-refractivity contribution in [1.82, 2.24) is 4.92 Å². The van der Waals surface area contributed by atoms with Crippen LogP contribution in [0.4, 0.5) is 15.8 Å². The van der Waals surface area contributed by atoms with Crippen LogP contribution in [-0.2, 0) is 6.42 Å². The average molecular weight is 319 g/mol. The number of carboxylic acid groups (broad SMARTS) is 1.